The van der Waals surface area contributed by atoms with Gasteiger partial charge >= 0.3 is 5.97 Å². The summed E-state index contributed by atoms with van der Waals surface area (Å²) in [5, 5.41) is 21.0. The number of benzene rings is 2. The Kier molecular flexibility index (Phi) is 6.31. The average molecular weight is 491 g/mol. The second kappa shape index (κ2) is 9.22. The Morgan fingerprint density at radius 2 is 1.86 bits per heavy atom. The Bertz CT molecular complexity index is 1450. The van der Waals surface area contributed by atoms with Crippen LogP contribution in [0.1, 0.15) is 32.9 Å². The zero-order valence-corrected chi connectivity index (χ0v) is 20.3. The number of thioether (sulfide) groups is 1. The number of amides is 1. The van der Waals surface area contributed by atoms with Crippen molar-refractivity contribution in [3.8, 4) is 5.69 Å². The highest BCUT2D eigenvalue weighted by Gasteiger charge is 2.31. The van der Waals surface area contributed by atoms with Crippen LogP contribution in [0.15, 0.2) is 58.4 Å². The van der Waals surface area contributed by atoms with Crippen LogP contribution in [0, 0.1) is 30.9 Å². The monoisotopic (exact) mass is 490 g/mol. The number of nitro benzene ring substituents is 1. The van der Waals surface area contributed by atoms with E-state index in [2.05, 4.69) is 4.99 Å². The lowest BCUT2D eigenvalue weighted by Gasteiger charge is -2.09. The topological polar surface area (TPSA) is 118 Å². The van der Waals surface area contributed by atoms with Gasteiger partial charge in [-0.1, -0.05) is 12.1 Å². The van der Waals surface area contributed by atoms with Gasteiger partial charge in [-0.15, -0.1) is 0 Å². The van der Waals surface area contributed by atoms with E-state index >= 15 is 0 Å². The van der Waals surface area contributed by atoms with Gasteiger partial charge in [0.05, 0.1) is 26.8 Å². The quantitative estimate of drug-likeness (QED) is 0.297. The molecule has 2 aromatic carbocycles. The van der Waals surface area contributed by atoms with E-state index in [1.54, 1.807) is 44.3 Å². The molecule has 1 N–H and O–H groups in total. The molecule has 4 rings (SSSR count). The minimum atomic E-state index is -1.03. The summed E-state index contributed by atoms with van der Waals surface area (Å²) >= 11 is 1.21. The zero-order valence-electron chi connectivity index (χ0n) is 19.5. The molecule has 1 aliphatic rings. The molecule has 0 bridgehead atoms. The van der Waals surface area contributed by atoms with Gasteiger partial charge in [-0.3, -0.25) is 19.8 Å². The maximum Gasteiger partial charge on any atom is 0.336 e. The summed E-state index contributed by atoms with van der Waals surface area (Å²) in [6.07, 6.45) is 1.78. The van der Waals surface area contributed by atoms with E-state index in [4.69, 9.17) is 0 Å². The molecule has 178 valence electrons. The van der Waals surface area contributed by atoms with Crippen LogP contribution >= 0.6 is 11.8 Å². The van der Waals surface area contributed by atoms with Crippen LogP contribution in [-0.2, 0) is 4.79 Å². The number of aromatic nitrogens is 1. The molecule has 0 spiro atoms. The average Bonchev–Trinajstić information content (AvgIpc) is 3.24. The lowest BCUT2D eigenvalue weighted by atomic mass is 10.1. The summed E-state index contributed by atoms with van der Waals surface area (Å²) in [7, 11) is 1.62. The molecule has 1 amide bonds. The SMILES string of the molecule is Cc1c(N=C2S/C(=C\c3cc(C)n(-c4cccc([N+](=O)[O-])c4)c3C)C(=O)N2C)cccc1C(=O)O. The number of rotatable bonds is 5. The standard InChI is InChI=1S/C25H22N4O5S/c1-14-11-17(16(3)28(14)18-7-5-8-19(13-18)29(33)34)12-22-23(30)27(4)25(35-22)26-21-10-6-9-20(15(21)2)24(31)32/h5-13H,1-4H3,(H,31,32)/b22-12-,26-25?. The van der Waals surface area contributed by atoms with Crippen LogP contribution in [-0.4, -0.2) is 43.6 Å². The number of non-ortho nitro benzene ring substituents is 1. The van der Waals surface area contributed by atoms with Crippen molar-refractivity contribution in [1.82, 2.24) is 9.47 Å². The molecule has 9 nitrogen and oxygen atoms in total. The predicted octanol–water partition coefficient (Wildman–Crippen LogP) is 5.24. The first kappa shape index (κ1) is 24.0. The van der Waals surface area contributed by atoms with Gasteiger partial charge in [0.2, 0.25) is 0 Å². The first-order valence-corrected chi connectivity index (χ1v) is 11.4. The second-order valence-corrected chi connectivity index (χ2v) is 9.07. The smallest absolute Gasteiger partial charge is 0.336 e. The number of hydrogen-bond acceptors (Lipinski definition) is 6. The number of carboxylic acids is 1. The van der Waals surface area contributed by atoms with Gasteiger partial charge in [-0.25, -0.2) is 9.79 Å². The van der Waals surface area contributed by atoms with Gasteiger partial charge in [0.25, 0.3) is 11.6 Å². The summed E-state index contributed by atoms with van der Waals surface area (Å²) < 4.78 is 1.91. The number of aliphatic imine (C=N–C) groups is 1. The van der Waals surface area contributed by atoms with Crippen molar-refractivity contribution in [3.63, 3.8) is 0 Å². The van der Waals surface area contributed by atoms with Gasteiger partial charge in [0, 0.05) is 30.6 Å². The molecule has 2 heterocycles. The van der Waals surface area contributed by atoms with Crippen LogP contribution in [0.4, 0.5) is 11.4 Å². The van der Waals surface area contributed by atoms with Crippen LogP contribution < -0.4 is 0 Å². The fourth-order valence-corrected chi connectivity index (χ4v) is 4.92. The lowest BCUT2D eigenvalue weighted by molar-refractivity contribution is -0.384. The number of likely N-dealkylation sites (N-methyl/N-ethyl adjacent to an activating group) is 1. The normalized spacial score (nSPS) is 15.9. The first-order valence-electron chi connectivity index (χ1n) is 10.6. The molecule has 0 unspecified atom stereocenters. The Labute approximate surface area is 205 Å². The third-order valence-electron chi connectivity index (χ3n) is 5.81. The summed E-state index contributed by atoms with van der Waals surface area (Å²) in [5.41, 5.74) is 4.34. The highest BCUT2D eigenvalue weighted by molar-refractivity contribution is 8.18. The minimum Gasteiger partial charge on any atom is -0.478 e. The number of aromatic carboxylic acids is 1. The van der Waals surface area contributed by atoms with Gasteiger partial charge in [0.1, 0.15) is 0 Å². The fraction of sp³-hybridized carbons (Fsp3) is 0.160. The van der Waals surface area contributed by atoms with Gasteiger partial charge in [-0.05, 0) is 74.0 Å². The van der Waals surface area contributed by atoms with E-state index < -0.39 is 10.9 Å². The summed E-state index contributed by atoms with van der Waals surface area (Å²) in [6.45, 7) is 5.47. The van der Waals surface area contributed by atoms with Gasteiger partial charge in [-0.2, -0.15) is 0 Å². The van der Waals surface area contributed by atoms with E-state index in [9.17, 15) is 24.8 Å². The predicted molar refractivity (Wildman–Crippen MR) is 135 cm³/mol. The maximum absolute atomic E-state index is 12.9. The van der Waals surface area contributed by atoms with Gasteiger partial charge < -0.3 is 9.67 Å². The van der Waals surface area contributed by atoms with E-state index in [-0.39, 0.29) is 17.2 Å². The summed E-state index contributed by atoms with van der Waals surface area (Å²) in [5.74, 6) is -1.26. The van der Waals surface area contributed by atoms with Crippen LogP contribution in [0.2, 0.25) is 0 Å². The van der Waals surface area contributed by atoms with Crippen molar-refractivity contribution in [2.45, 2.75) is 20.8 Å². The largest absolute Gasteiger partial charge is 0.478 e. The second-order valence-electron chi connectivity index (χ2n) is 8.06. The van der Waals surface area contributed by atoms with Gasteiger partial charge in [0.15, 0.2) is 5.17 Å². The molecule has 35 heavy (non-hydrogen) atoms. The molecular formula is C25H22N4O5S. The molecular weight excluding hydrogens is 468 g/mol. The number of aryl methyl sites for hydroxylation is 1. The molecule has 1 fully saturated rings. The zero-order chi connectivity index (χ0) is 25.4. The Hall–Kier alpha value is -4.18. The number of carbonyl (C=O) groups excluding carboxylic acids is 1. The summed E-state index contributed by atoms with van der Waals surface area (Å²) in [6, 6.07) is 13.2. The number of amidine groups is 1. The molecule has 1 saturated heterocycles. The number of nitrogens with zero attached hydrogens (tertiary/aromatic N) is 4. The third-order valence-corrected chi connectivity index (χ3v) is 6.87. The van der Waals surface area contributed by atoms with Crippen LogP contribution in [0.3, 0.4) is 0 Å². The molecule has 10 heteroatoms. The molecule has 0 atom stereocenters. The maximum atomic E-state index is 12.9. The van der Waals surface area contributed by atoms with Crippen LogP contribution in [0.25, 0.3) is 11.8 Å². The van der Waals surface area contributed by atoms with Crippen molar-refractivity contribution < 1.29 is 19.6 Å². The minimum absolute atomic E-state index is 0.00108. The summed E-state index contributed by atoms with van der Waals surface area (Å²) in [4.78, 5) is 41.6. The fourth-order valence-electron chi connectivity index (χ4n) is 3.95. The Morgan fingerprint density at radius 1 is 1.14 bits per heavy atom. The number of nitro groups is 1. The molecule has 0 radical (unpaired) electrons. The van der Waals surface area contributed by atoms with E-state index in [0.717, 1.165) is 17.0 Å². The molecule has 1 aromatic heterocycles. The first-order chi connectivity index (χ1) is 16.6. The lowest BCUT2D eigenvalue weighted by Crippen LogP contribution is -2.23. The van der Waals surface area contributed by atoms with E-state index in [1.807, 2.05) is 24.5 Å². The molecule has 1 aliphatic heterocycles. The highest BCUT2D eigenvalue weighted by atomic mass is 32.2. The molecule has 3 aromatic rings. The van der Waals surface area contributed by atoms with E-state index in [1.165, 1.54) is 34.9 Å². The van der Waals surface area contributed by atoms with Crippen LogP contribution in [0.5, 0.6) is 0 Å². The molecule has 0 saturated carbocycles. The highest BCUT2D eigenvalue weighted by Crippen LogP contribution is 2.35. The van der Waals surface area contributed by atoms with Crippen molar-refractivity contribution in [3.05, 3.63) is 91.6 Å². The number of carbonyl (C=O) groups is 2. The van der Waals surface area contributed by atoms with Crippen molar-refractivity contribution in [2.24, 2.45) is 4.99 Å². The van der Waals surface area contributed by atoms with E-state index in [0.29, 0.717) is 27.0 Å². The third kappa shape index (κ3) is 4.47. The van der Waals surface area contributed by atoms with Crippen molar-refractivity contribution in [2.75, 3.05) is 7.05 Å². The Morgan fingerprint density at radius 3 is 2.54 bits per heavy atom. The molecule has 0 aliphatic carbocycles. The van der Waals surface area contributed by atoms with Crippen molar-refractivity contribution in [1.29, 1.82) is 0 Å². The van der Waals surface area contributed by atoms with Crippen molar-refractivity contribution >= 4 is 46.3 Å². The number of hydrogen-bond donors (Lipinski definition) is 1. The number of carboxylic acid groups (broad SMARTS) is 1. The Balaban J connectivity index is 1.70.